The van der Waals surface area contributed by atoms with Gasteiger partial charge in [-0.25, -0.2) is 8.42 Å². The largest absolute Gasteiger partial charge is 0.497 e. The van der Waals surface area contributed by atoms with E-state index in [0.29, 0.717) is 11.3 Å². The number of amides is 1. The zero-order valence-corrected chi connectivity index (χ0v) is 18.1. The Morgan fingerprint density at radius 1 is 1.10 bits per heavy atom. The number of nitrogens with zero attached hydrogens (tertiary/aromatic N) is 2. The molecule has 3 aromatic rings. The molecular formula is C20H21N3O5S2. The number of nitrogens with one attached hydrogen (secondary N) is 1. The highest BCUT2D eigenvalue weighted by molar-refractivity contribution is 7.99. The lowest BCUT2D eigenvalue weighted by Gasteiger charge is -2.03. The van der Waals surface area contributed by atoms with Crippen LogP contribution in [0.15, 0.2) is 62.7 Å². The maximum absolute atomic E-state index is 12.1. The number of benzene rings is 2. The van der Waals surface area contributed by atoms with Gasteiger partial charge in [0, 0.05) is 22.6 Å². The van der Waals surface area contributed by atoms with Gasteiger partial charge in [0.25, 0.3) is 0 Å². The predicted octanol–water partition coefficient (Wildman–Crippen LogP) is 3.66. The Kier molecular flexibility index (Phi) is 7.11. The summed E-state index contributed by atoms with van der Waals surface area (Å²) in [6.07, 6.45) is 0.276. The van der Waals surface area contributed by atoms with Crippen LogP contribution < -0.4 is 10.1 Å². The minimum atomic E-state index is -3.27. The third-order valence-electron chi connectivity index (χ3n) is 4.17. The fourth-order valence-corrected chi connectivity index (χ4v) is 4.21. The van der Waals surface area contributed by atoms with E-state index in [0.717, 1.165) is 10.6 Å². The van der Waals surface area contributed by atoms with Crippen molar-refractivity contribution in [1.82, 2.24) is 10.2 Å². The molecule has 0 bridgehead atoms. The average molecular weight is 448 g/mol. The van der Waals surface area contributed by atoms with Crippen LogP contribution in [0.3, 0.4) is 0 Å². The zero-order chi connectivity index (χ0) is 21.6. The number of ether oxygens (including phenoxy) is 1. The van der Waals surface area contributed by atoms with E-state index in [1.165, 1.54) is 12.1 Å². The highest BCUT2D eigenvalue weighted by Gasteiger charge is 2.14. The van der Waals surface area contributed by atoms with Crippen molar-refractivity contribution in [2.45, 2.75) is 23.1 Å². The molecule has 0 aliphatic carbocycles. The maximum Gasteiger partial charge on any atom is 0.322 e. The second kappa shape index (κ2) is 9.77. The topological polar surface area (TPSA) is 111 Å². The van der Waals surface area contributed by atoms with Crippen LogP contribution in [0.25, 0.3) is 11.5 Å². The highest BCUT2D eigenvalue weighted by atomic mass is 32.2. The molecule has 0 aliphatic rings. The summed E-state index contributed by atoms with van der Waals surface area (Å²) in [5, 5.41) is 10.3. The first-order valence-electron chi connectivity index (χ1n) is 9.14. The molecule has 1 aromatic heterocycles. The quantitative estimate of drug-likeness (QED) is 0.495. The van der Waals surface area contributed by atoms with Gasteiger partial charge in [-0.3, -0.25) is 10.1 Å². The molecule has 0 atom stereocenters. The second-order valence-electron chi connectivity index (χ2n) is 6.16. The van der Waals surface area contributed by atoms with Crippen LogP contribution in [-0.4, -0.2) is 43.1 Å². The van der Waals surface area contributed by atoms with E-state index in [9.17, 15) is 13.2 Å². The van der Waals surface area contributed by atoms with Crippen molar-refractivity contribution in [1.29, 1.82) is 0 Å². The number of carbonyl (C=O) groups excluding carboxylic acids is 1. The Hall–Kier alpha value is -2.85. The molecule has 0 aliphatic heterocycles. The zero-order valence-electron chi connectivity index (χ0n) is 16.5. The summed E-state index contributed by atoms with van der Waals surface area (Å²) >= 11 is 1.55. The molecule has 1 heterocycles. The molecule has 0 saturated carbocycles. The summed E-state index contributed by atoms with van der Waals surface area (Å²) < 4.78 is 34.3. The number of carbonyl (C=O) groups is 1. The predicted molar refractivity (Wildman–Crippen MR) is 114 cm³/mol. The van der Waals surface area contributed by atoms with E-state index in [4.69, 9.17) is 9.15 Å². The molecule has 30 heavy (non-hydrogen) atoms. The summed E-state index contributed by atoms with van der Waals surface area (Å²) in [5.74, 6) is 1.35. The van der Waals surface area contributed by atoms with Crippen LogP contribution in [0, 0.1) is 0 Å². The van der Waals surface area contributed by atoms with E-state index in [2.05, 4.69) is 15.5 Å². The monoisotopic (exact) mass is 447 g/mol. The standard InChI is InChI=1S/C20H21N3O5S2/c1-3-30(25,26)17-10-4-14(5-11-17)19-22-23-20(28-19)21-18(24)12-13-29-16-8-6-15(27-2)7-9-16/h4-11H,3,12-13H2,1-2H3,(H,21,23,24). The summed E-state index contributed by atoms with van der Waals surface area (Å²) in [7, 11) is -1.66. The number of methoxy groups -OCH3 is 1. The van der Waals surface area contributed by atoms with Crippen molar-refractivity contribution in [3.63, 3.8) is 0 Å². The summed E-state index contributed by atoms with van der Waals surface area (Å²) in [5.41, 5.74) is 0.563. The van der Waals surface area contributed by atoms with E-state index in [1.807, 2.05) is 24.3 Å². The molecule has 8 nitrogen and oxygen atoms in total. The molecule has 3 rings (SSSR count). The van der Waals surface area contributed by atoms with Gasteiger partial charge in [-0.05, 0) is 48.5 Å². The number of hydrogen-bond donors (Lipinski definition) is 1. The molecule has 0 spiro atoms. The van der Waals surface area contributed by atoms with E-state index < -0.39 is 9.84 Å². The van der Waals surface area contributed by atoms with Gasteiger partial charge in [-0.1, -0.05) is 12.0 Å². The van der Waals surface area contributed by atoms with Crippen molar-refractivity contribution < 1.29 is 22.4 Å². The number of aromatic nitrogens is 2. The van der Waals surface area contributed by atoms with Gasteiger partial charge < -0.3 is 9.15 Å². The van der Waals surface area contributed by atoms with Crippen LogP contribution in [0.2, 0.25) is 0 Å². The molecule has 158 valence electrons. The molecule has 1 amide bonds. The Bertz CT molecular complexity index is 1090. The Morgan fingerprint density at radius 2 is 1.80 bits per heavy atom. The van der Waals surface area contributed by atoms with Crippen molar-refractivity contribution >= 4 is 33.5 Å². The maximum atomic E-state index is 12.1. The van der Waals surface area contributed by atoms with E-state index in [1.54, 1.807) is 37.9 Å². The molecule has 1 N–H and O–H groups in total. The van der Waals surface area contributed by atoms with Gasteiger partial charge in [0.05, 0.1) is 17.8 Å². The number of anilines is 1. The third kappa shape index (κ3) is 5.61. The van der Waals surface area contributed by atoms with Crippen molar-refractivity contribution in [2.75, 3.05) is 23.9 Å². The lowest BCUT2D eigenvalue weighted by molar-refractivity contribution is -0.115. The summed E-state index contributed by atoms with van der Waals surface area (Å²) in [4.78, 5) is 13.4. The molecule has 2 aromatic carbocycles. The fourth-order valence-electron chi connectivity index (χ4n) is 2.48. The Morgan fingerprint density at radius 3 is 2.43 bits per heavy atom. The van der Waals surface area contributed by atoms with Gasteiger partial charge in [-0.2, -0.15) is 0 Å². The van der Waals surface area contributed by atoms with E-state index in [-0.39, 0.29) is 34.9 Å². The normalized spacial score (nSPS) is 11.3. The number of rotatable bonds is 9. The molecule has 0 saturated heterocycles. The van der Waals surface area contributed by atoms with Crippen molar-refractivity contribution in [3.05, 3.63) is 48.5 Å². The van der Waals surface area contributed by atoms with Gasteiger partial charge in [0.1, 0.15) is 5.75 Å². The number of sulfone groups is 1. The first-order chi connectivity index (χ1) is 14.4. The lowest BCUT2D eigenvalue weighted by atomic mass is 10.2. The summed E-state index contributed by atoms with van der Waals surface area (Å²) in [6.45, 7) is 1.59. The van der Waals surface area contributed by atoms with Crippen LogP contribution in [-0.2, 0) is 14.6 Å². The first kappa shape index (κ1) is 21.8. The number of hydrogen-bond acceptors (Lipinski definition) is 8. The van der Waals surface area contributed by atoms with Crippen molar-refractivity contribution in [2.24, 2.45) is 0 Å². The Labute approximate surface area is 179 Å². The van der Waals surface area contributed by atoms with Crippen LogP contribution >= 0.6 is 11.8 Å². The van der Waals surface area contributed by atoms with E-state index >= 15 is 0 Å². The fraction of sp³-hybridized carbons (Fsp3) is 0.250. The van der Waals surface area contributed by atoms with Gasteiger partial charge in [0.15, 0.2) is 9.84 Å². The lowest BCUT2D eigenvalue weighted by Crippen LogP contribution is -2.12. The minimum Gasteiger partial charge on any atom is -0.497 e. The Balaban J connectivity index is 1.52. The van der Waals surface area contributed by atoms with Crippen LogP contribution in [0.4, 0.5) is 6.01 Å². The number of thioether (sulfide) groups is 1. The van der Waals surface area contributed by atoms with Crippen LogP contribution in [0.1, 0.15) is 13.3 Å². The third-order valence-corrected chi connectivity index (χ3v) is 6.93. The molecule has 0 unspecified atom stereocenters. The van der Waals surface area contributed by atoms with Gasteiger partial charge in [-0.15, -0.1) is 16.9 Å². The smallest absolute Gasteiger partial charge is 0.322 e. The molecule has 0 fully saturated rings. The molecule has 0 radical (unpaired) electrons. The van der Waals surface area contributed by atoms with Gasteiger partial charge >= 0.3 is 6.01 Å². The highest BCUT2D eigenvalue weighted by Crippen LogP contribution is 2.24. The minimum absolute atomic E-state index is 0.00490. The summed E-state index contributed by atoms with van der Waals surface area (Å²) in [6, 6.07) is 13.8. The first-order valence-corrected chi connectivity index (χ1v) is 11.8. The average Bonchev–Trinajstić information content (AvgIpc) is 3.22. The SMILES string of the molecule is CCS(=O)(=O)c1ccc(-c2nnc(NC(=O)CCSc3ccc(OC)cc3)o2)cc1. The van der Waals surface area contributed by atoms with Gasteiger partial charge in [0.2, 0.25) is 11.8 Å². The second-order valence-corrected chi connectivity index (χ2v) is 9.61. The molecule has 10 heteroatoms. The van der Waals surface area contributed by atoms with Crippen molar-refractivity contribution in [3.8, 4) is 17.2 Å². The molecular weight excluding hydrogens is 426 g/mol. The van der Waals surface area contributed by atoms with Crippen LogP contribution in [0.5, 0.6) is 5.75 Å².